The average Bonchev–Trinajstić information content (AvgIpc) is 2.04. The van der Waals surface area contributed by atoms with E-state index in [9.17, 15) is 8.78 Å². The fourth-order valence-corrected chi connectivity index (χ4v) is 1.30. The Bertz CT molecular complexity index is 278. The molecule has 0 saturated carbocycles. The third kappa shape index (κ3) is 3.30. The number of benzene rings is 1. The zero-order valence-electron chi connectivity index (χ0n) is 7.10. The van der Waals surface area contributed by atoms with E-state index in [0.717, 1.165) is 4.47 Å². The zero-order valence-corrected chi connectivity index (χ0v) is 8.68. The lowest BCUT2D eigenvalue weighted by molar-refractivity contribution is 0.131. The minimum absolute atomic E-state index is 0.696. The lowest BCUT2D eigenvalue weighted by Gasteiger charge is -2.13. The summed E-state index contributed by atoms with van der Waals surface area (Å²) in [6.45, 7) is 1.45. The van der Waals surface area contributed by atoms with Gasteiger partial charge in [0.25, 0.3) is 6.43 Å². The van der Waals surface area contributed by atoms with E-state index in [1.807, 2.05) is 6.07 Å². The van der Waals surface area contributed by atoms with Gasteiger partial charge in [0.05, 0.1) is 6.04 Å². The van der Waals surface area contributed by atoms with Crippen molar-refractivity contribution in [2.24, 2.45) is 0 Å². The third-order valence-electron chi connectivity index (χ3n) is 1.60. The van der Waals surface area contributed by atoms with Crippen molar-refractivity contribution in [2.75, 3.05) is 5.32 Å². The molecule has 0 fully saturated rings. The quantitative estimate of drug-likeness (QED) is 0.865. The van der Waals surface area contributed by atoms with E-state index >= 15 is 0 Å². The van der Waals surface area contributed by atoms with Crippen molar-refractivity contribution < 1.29 is 8.78 Å². The molecule has 0 saturated heterocycles. The topological polar surface area (TPSA) is 12.0 Å². The molecule has 0 bridgehead atoms. The normalized spacial score (nSPS) is 13.0. The number of rotatable bonds is 3. The van der Waals surface area contributed by atoms with Crippen LogP contribution in [0.15, 0.2) is 28.7 Å². The molecule has 0 radical (unpaired) electrons. The summed E-state index contributed by atoms with van der Waals surface area (Å²) in [5, 5.41) is 2.70. The van der Waals surface area contributed by atoms with Gasteiger partial charge in [0.2, 0.25) is 0 Å². The van der Waals surface area contributed by atoms with Crippen LogP contribution in [0.25, 0.3) is 0 Å². The molecule has 0 aromatic heterocycles. The predicted molar refractivity (Wildman–Crippen MR) is 53.2 cm³/mol. The van der Waals surface area contributed by atoms with Gasteiger partial charge in [-0.3, -0.25) is 0 Å². The highest BCUT2D eigenvalue weighted by Crippen LogP contribution is 2.17. The van der Waals surface area contributed by atoms with E-state index < -0.39 is 12.5 Å². The maximum Gasteiger partial charge on any atom is 0.258 e. The second kappa shape index (κ2) is 4.56. The van der Waals surface area contributed by atoms with Crippen LogP contribution >= 0.6 is 15.9 Å². The minimum atomic E-state index is -2.35. The largest absolute Gasteiger partial charge is 0.377 e. The fourth-order valence-electron chi connectivity index (χ4n) is 0.904. The van der Waals surface area contributed by atoms with Gasteiger partial charge in [0, 0.05) is 10.2 Å². The van der Waals surface area contributed by atoms with E-state index in [4.69, 9.17) is 0 Å². The Hall–Kier alpha value is -0.640. The number of hydrogen-bond acceptors (Lipinski definition) is 1. The highest BCUT2D eigenvalue weighted by Gasteiger charge is 2.13. The minimum Gasteiger partial charge on any atom is -0.377 e. The Kier molecular flexibility index (Phi) is 3.66. The summed E-state index contributed by atoms with van der Waals surface area (Å²) >= 11 is 3.26. The van der Waals surface area contributed by atoms with Crippen LogP contribution in [-0.4, -0.2) is 12.5 Å². The lowest BCUT2D eigenvalue weighted by atomic mass is 10.3. The molecule has 13 heavy (non-hydrogen) atoms. The van der Waals surface area contributed by atoms with Crippen molar-refractivity contribution in [3.05, 3.63) is 28.7 Å². The van der Waals surface area contributed by atoms with Gasteiger partial charge < -0.3 is 5.32 Å². The monoisotopic (exact) mass is 249 g/mol. The molecule has 1 atom stereocenters. The zero-order chi connectivity index (χ0) is 9.84. The van der Waals surface area contributed by atoms with Gasteiger partial charge in [-0.2, -0.15) is 0 Å². The average molecular weight is 250 g/mol. The van der Waals surface area contributed by atoms with Crippen molar-refractivity contribution in [1.82, 2.24) is 0 Å². The first kappa shape index (κ1) is 10.4. The van der Waals surface area contributed by atoms with E-state index in [2.05, 4.69) is 21.2 Å². The molecule has 1 unspecified atom stereocenters. The summed E-state index contributed by atoms with van der Waals surface area (Å²) in [7, 11) is 0. The fraction of sp³-hybridized carbons (Fsp3) is 0.333. The highest BCUT2D eigenvalue weighted by molar-refractivity contribution is 9.10. The van der Waals surface area contributed by atoms with Gasteiger partial charge in [0.15, 0.2) is 0 Å². The Morgan fingerprint density at radius 1 is 1.38 bits per heavy atom. The van der Waals surface area contributed by atoms with Crippen LogP contribution in [-0.2, 0) is 0 Å². The van der Waals surface area contributed by atoms with E-state index in [-0.39, 0.29) is 0 Å². The summed E-state index contributed by atoms with van der Waals surface area (Å²) in [5.41, 5.74) is 0.696. The van der Waals surface area contributed by atoms with Crippen LogP contribution in [0.3, 0.4) is 0 Å². The van der Waals surface area contributed by atoms with E-state index in [1.165, 1.54) is 6.92 Å². The van der Waals surface area contributed by atoms with Crippen LogP contribution in [0.1, 0.15) is 6.92 Å². The van der Waals surface area contributed by atoms with Gasteiger partial charge in [-0.05, 0) is 25.1 Å². The van der Waals surface area contributed by atoms with Crippen molar-refractivity contribution in [1.29, 1.82) is 0 Å². The third-order valence-corrected chi connectivity index (χ3v) is 2.09. The molecule has 1 aromatic rings. The van der Waals surface area contributed by atoms with Crippen LogP contribution in [0.5, 0.6) is 0 Å². The van der Waals surface area contributed by atoms with E-state index in [0.29, 0.717) is 5.69 Å². The Morgan fingerprint density at radius 2 is 2.08 bits per heavy atom. The van der Waals surface area contributed by atoms with Crippen LogP contribution in [0, 0.1) is 0 Å². The summed E-state index contributed by atoms with van der Waals surface area (Å²) in [4.78, 5) is 0. The Balaban J connectivity index is 2.64. The second-order valence-electron chi connectivity index (χ2n) is 2.78. The van der Waals surface area contributed by atoms with Crippen molar-refractivity contribution in [3.8, 4) is 0 Å². The maximum absolute atomic E-state index is 12.1. The molecule has 0 heterocycles. The molecule has 72 valence electrons. The molecule has 1 rings (SSSR count). The standard InChI is InChI=1S/C9H10BrF2N/c1-6(9(11)12)13-8-4-2-3-7(10)5-8/h2-6,9,13H,1H3. The first-order valence-corrected chi connectivity index (χ1v) is 4.69. The van der Waals surface area contributed by atoms with Crippen molar-refractivity contribution >= 4 is 21.6 Å². The first-order chi connectivity index (χ1) is 6.09. The molecule has 1 nitrogen and oxygen atoms in total. The summed E-state index contributed by atoms with van der Waals surface area (Å²) in [5.74, 6) is 0. The van der Waals surface area contributed by atoms with Gasteiger partial charge >= 0.3 is 0 Å². The Labute approximate surface area is 84.3 Å². The van der Waals surface area contributed by atoms with E-state index in [1.54, 1.807) is 18.2 Å². The maximum atomic E-state index is 12.1. The molecule has 1 aromatic carbocycles. The molecular formula is C9H10BrF2N. The summed E-state index contributed by atoms with van der Waals surface area (Å²) in [6, 6.07) is 6.33. The first-order valence-electron chi connectivity index (χ1n) is 3.90. The van der Waals surface area contributed by atoms with Crippen LogP contribution in [0.2, 0.25) is 0 Å². The second-order valence-corrected chi connectivity index (χ2v) is 3.69. The van der Waals surface area contributed by atoms with Crippen LogP contribution < -0.4 is 5.32 Å². The van der Waals surface area contributed by atoms with Gasteiger partial charge in [0.1, 0.15) is 0 Å². The molecule has 1 N–H and O–H groups in total. The lowest BCUT2D eigenvalue weighted by Crippen LogP contribution is -2.23. The molecular weight excluding hydrogens is 240 g/mol. The molecule has 0 amide bonds. The number of nitrogens with one attached hydrogen (secondary N) is 1. The summed E-state index contributed by atoms with van der Waals surface area (Å²) < 4.78 is 25.2. The van der Waals surface area contributed by atoms with Crippen molar-refractivity contribution in [2.45, 2.75) is 19.4 Å². The summed E-state index contributed by atoms with van der Waals surface area (Å²) in [6.07, 6.45) is -2.35. The predicted octanol–water partition coefficient (Wildman–Crippen LogP) is 3.51. The highest BCUT2D eigenvalue weighted by atomic mass is 79.9. The number of hydrogen-bond donors (Lipinski definition) is 1. The molecule has 4 heteroatoms. The van der Waals surface area contributed by atoms with Crippen LogP contribution in [0.4, 0.5) is 14.5 Å². The molecule has 0 aliphatic heterocycles. The van der Waals surface area contributed by atoms with Gasteiger partial charge in [-0.1, -0.05) is 22.0 Å². The SMILES string of the molecule is CC(Nc1cccc(Br)c1)C(F)F. The number of anilines is 1. The molecule has 0 spiro atoms. The smallest absolute Gasteiger partial charge is 0.258 e. The number of alkyl halides is 2. The number of halogens is 3. The van der Waals surface area contributed by atoms with Crippen molar-refractivity contribution in [3.63, 3.8) is 0 Å². The van der Waals surface area contributed by atoms with Gasteiger partial charge in [-0.25, -0.2) is 8.78 Å². The Morgan fingerprint density at radius 3 is 2.62 bits per heavy atom. The molecule has 0 aliphatic carbocycles. The molecule has 0 aliphatic rings. The van der Waals surface area contributed by atoms with Gasteiger partial charge in [-0.15, -0.1) is 0 Å².